The Morgan fingerprint density at radius 3 is 2.24 bits per heavy atom. The van der Waals surface area contributed by atoms with Gasteiger partial charge in [-0.3, -0.25) is 19.1 Å². The number of nitrogens with one attached hydrogen (secondary N) is 2. The van der Waals surface area contributed by atoms with Crippen molar-refractivity contribution in [3.8, 4) is 5.00 Å². The van der Waals surface area contributed by atoms with Crippen molar-refractivity contribution in [1.82, 2.24) is 25.4 Å². The molecular formula is C31H41ClN6O6S. The van der Waals surface area contributed by atoms with Gasteiger partial charge >= 0.3 is 5.97 Å². The average Bonchev–Trinajstić information content (AvgIpc) is 3.54. The first-order valence-electron chi connectivity index (χ1n) is 15.0. The lowest BCUT2D eigenvalue weighted by molar-refractivity contribution is -0.141. The minimum Gasteiger partial charge on any atom is -0.469 e. The Labute approximate surface area is 272 Å². The first-order chi connectivity index (χ1) is 21.8. The van der Waals surface area contributed by atoms with Crippen LogP contribution in [-0.4, -0.2) is 99.2 Å². The van der Waals surface area contributed by atoms with Crippen LogP contribution >= 0.6 is 22.9 Å². The van der Waals surface area contributed by atoms with Crippen LogP contribution in [0.2, 0.25) is 5.02 Å². The van der Waals surface area contributed by atoms with E-state index in [0.29, 0.717) is 73.3 Å². The molecular weight excluding hydrogens is 620 g/mol. The summed E-state index contributed by atoms with van der Waals surface area (Å²) in [5.41, 5.74) is 3.01. The number of aryl methyl sites for hydroxylation is 1. The number of esters is 1. The number of thiophene rings is 1. The largest absolute Gasteiger partial charge is 0.469 e. The highest BCUT2D eigenvalue weighted by molar-refractivity contribution is 7.17. The molecule has 3 aromatic rings. The number of amides is 1. The highest BCUT2D eigenvalue weighted by Gasteiger charge is 2.34. The topological polar surface area (TPSA) is 138 Å². The van der Waals surface area contributed by atoms with E-state index in [0.717, 1.165) is 41.3 Å². The average molecular weight is 661 g/mol. The van der Waals surface area contributed by atoms with Crippen molar-refractivity contribution in [1.29, 1.82) is 0 Å². The van der Waals surface area contributed by atoms with Gasteiger partial charge in [-0.15, -0.1) is 21.5 Å². The number of carbonyl (C=O) groups is 2. The fraction of sp³-hybridized carbons (Fsp3) is 0.516. The molecule has 3 heterocycles. The third kappa shape index (κ3) is 9.18. The van der Waals surface area contributed by atoms with Gasteiger partial charge in [-0.05, 0) is 58.0 Å². The van der Waals surface area contributed by atoms with E-state index in [1.807, 2.05) is 37.6 Å². The number of ether oxygens (including phenoxy) is 4. The first-order valence-corrected chi connectivity index (χ1v) is 16.2. The van der Waals surface area contributed by atoms with Crippen molar-refractivity contribution >= 4 is 40.5 Å². The van der Waals surface area contributed by atoms with Gasteiger partial charge in [0, 0.05) is 35.9 Å². The molecule has 14 heteroatoms. The van der Waals surface area contributed by atoms with E-state index in [1.54, 1.807) is 12.1 Å². The van der Waals surface area contributed by atoms with Crippen LogP contribution in [0.25, 0.3) is 5.00 Å². The van der Waals surface area contributed by atoms with Gasteiger partial charge in [0.1, 0.15) is 16.9 Å². The lowest BCUT2D eigenvalue weighted by Crippen LogP contribution is -2.25. The Balaban J connectivity index is 1.40. The van der Waals surface area contributed by atoms with Crippen LogP contribution in [0.4, 0.5) is 0 Å². The summed E-state index contributed by atoms with van der Waals surface area (Å²) < 4.78 is 23.5. The molecule has 0 radical (unpaired) electrons. The van der Waals surface area contributed by atoms with Crippen molar-refractivity contribution in [3.63, 3.8) is 0 Å². The summed E-state index contributed by atoms with van der Waals surface area (Å²) in [6.07, 6.45) is 1.63. The Morgan fingerprint density at radius 2 is 1.60 bits per heavy atom. The first kappa shape index (κ1) is 34.7. The zero-order valence-corrected chi connectivity index (χ0v) is 27.8. The van der Waals surface area contributed by atoms with Crippen molar-refractivity contribution in [3.05, 3.63) is 62.5 Å². The van der Waals surface area contributed by atoms with Gasteiger partial charge in [-0.1, -0.05) is 23.7 Å². The molecule has 12 nitrogen and oxygen atoms in total. The fourth-order valence-electron chi connectivity index (χ4n) is 4.83. The quantitative estimate of drug-likeness (QED) is 0.154. The molecule has 2 N–H and O–H groups in total. The van der Waals surface area contributed by atoms with Crippen LogP contribution in [-0.2, 0) is 23.7 Å². The van der Waals surface area contributed by atoms with Gasteiger partial charge in [0.2, 0.25) is 0 Å². The summed E-state index contributed by atoms with van der Waals surface area (Å²) in [4.78, 5) is 31.4. The van der Waals surface area contributed by atoms with Gasteiger partial charge in [-0.25, -0.2) is 0 Å². The van der Waals surface area contributed by atoms with E-state index in [1.165, 1.54) is 18.4 Å². The number of methoxy groups -OCH3 is 1. The number of aromatic nitrogens is 3. The van der Waals surface area contributed by atoms with Crippen LogP contribution in [0.3, 0.4) is 0 Å². The van der Waals surface area contributed by atoms with E-state index in [4.69, 9.17) is 35.5 Å². The molecule has 1 aromatic carbocycles. The second kappa shape index (κ2) is 17.5. The molecule has 0 saturated heterocycles. The number of hydrogen-bond acceptors (Lipinski definition) is 11. The highest BCUT2D eigenvalue weighted by atomic mass is 35.5. The van der Waals surface area contributed by atoms with E-state index < -0.39 is 12.0 Å². The minimum absolute atomic E-state index is 0.00706. The SMILES string of the molecule is CNCCCOCCOCCOCCCNC(=O)c1sc2c(c1C)C(c1ccc(Cl)cc1)=N[C@H](CC(=O)OC)c1nnc(C)n1-2. The Morgan fingerprint density at radius 1 is 0.956 bits per heavy atom. The molecule has 1 atom stereocenters. The maximum Gasteiger partial charge on any atom is 0.308 e. The van der Waals surface area contributed by atoms with Crippen molar-refractivity contribution < 1.29 is 28.5 Å². The van der Waals surface area contributed by atoms with Gasteiger partial charge in [0.25, 0.3) is 5.91 Å². The zero-order valence-electron chi connectivity index (χ0n) is 26.2. The number of rotatable bonds is 18. The van der Waals surface area contributed by atoms with Gasteiger partial charge in [0.15, 0.2) is 5.82 Å². The number of hydrogen-bond donors (Lipinski definition) is 2. The van der Waals surface area contributed by atoms with Crippen LogP contribution in [0.5, 0.6) is 0 Å². The summed E-state index contributed by atoms with van der Waals surface area (Å²) in [7, 11) is 3.27. The second-order valence-corrected chi connectivity index (χ2v) is 11.8. The summed E-state index contributed by atoms with van der Waals surface area (Å²) in [6.45, 7) is 8.44. The number of nitrogens with zero attached hydrogens (tertiary/aromatic N) is 4. The molecule has 0 bridgehead atoms. The molecule has 0 fully saturated rings. The van der Waals surface area contributed by atoms with Crippen LogP contribution in [0.15, 0.2) is 29.3 Å². The minimum atomic E-state index is -0.632. The standard InChI is InChI=1S/C31H41ClN6O6S/c1-20-26-27(22-7-9-23(32)10-8-22)35-24(19-25(39)41-4)29-37-36-21(2)38(29)31(26)45-28(20)30(40)34-12-6-14-43-16-18-44-17-15-42-13-5-11-33-3/h7-10,24,33H,5-6,11-19H2,1-4H3,(H,34,40)/t24-/m1/s1. The monoisotopic (exact) mass is 660 g/mol. The smallest absolute Gasteiger partial charge is 0.308 e. The third-order valence-corrected chi connectivity index (χ3v) is 8.65. The zero-order chi connectivity index (χ0) is 32.2. The summed E-state index contributed by atoms with van der Waals surface area (Å²) >= 11 is 7.54. The molecule has 1 aliphatic rings. The van der Waals surface area contributed by atoms with Gasteiger partial charge < -0.3 is 29.6 Å². The number of halogens is 1. The second-order valence-electron chi connectivity index (χ2n) is 10.4. The normalized spacial score (nSPS) is 14.0. The maximum atomic E-state index is 13.4. The summed E-state index contributed by atoms with van der Waals surface area (Å²) in [5.74, 6) is 0.540. The molecule has 45 heavy (non-hydrogen) atoms. The van der Waals surface area contributed by atoms with E-state index in [-0.39, 0.29) is 12.3 Å². The van der Waals surface area contributed by atoms with E-state index >= 15 is 0 Å². The van der Waals surface area contributed by atoms with Crippen molar-refractivity contribution in [2.24, 2.45) is 4.99 Å². The lowest BCUT2D eigenvalue weighted by atomic mass is 9.99. The molecule has 244 valence electrons. The molecule has 1 amide bonds. The molecule has 0 saturated carbocycles. The van der Waals surface area contributed by atoms with E-state index in [9.17, 15) is 9.59 Å². The van der Waals surface area contributed by atoms with E-state index in [2.05, 4.69) is 20.8 Å². The van der Waals surface area contributed by atoms with Crippen LogP contribution < -0.4 is 10.6 Å². The third-order valence-electron chi connectivity index (χ3n) is 7.12. The number of fused-ring (bicyclic) bond motifs is 3. The number of aliphatic imine (C=N–C) groups is 1. The highest BCUT2D eigenvalue weighted by Crippen LogP contribution is 2.40. The Hall–Kier alpha value is -3.20. The fourth-order valence-corrected chi connectivity index (χ4v) is 6.24. The maximum absolute atomic E-state index is 13.4. The van der Waals surface area contributed by atoms with Crippen molar-refractivity contribution in [2.45, 2.75) is 39.2 Å². The Bertz CT molecular complexity index is 1460. The summed E-state index contributed by atoms with van der Waals surface area (Å²) in [6, 6.07) is 6.70. The number of carbonyl (C=O) groups excluding carboxylic acids is 2. The van der Waals surface area contributed by atoms with Crippen molar-refractivity contribution in [2.75, 3.05) is 66.9 Å². The Kier molecular flexibility index (Phi) is 13.5. The molecule has 0 spiro atoms. The summed E-state index contributed by atoms with van der Waals surface area (Å²) in [5, 5.41) is 16.1. The predicted octanol–water partition coefficient (Wildman–Crippen LogP) is 3.83. The lowest BCUT2D eigenvalue weighted by Gasteiger charge is -2.12. The molecule has 4 rings (SSSR count). The number of benzene rings is 1. The predicted molar refractivity (Wildman–Crippen MR) is 173 cm³/mol. The molecule has 0 unspecified atom stereocenters. The van der Waals surface area contributed by atoms with Gasteiger partial charge in [0.05, 0.1) is 50.5 Å². The molecule has 2 aromatic heterocycles. The van der Waals surface area contributed by atoms with Crippen LogP contribution in [0, 0.1) is 13.8 Å². The molecule has 1 aliphatic heterocycles. The van der Waals surface area contributed by atoms with Crippen LogP contribution in [0.1, 0.15) is 63.3 Å². The molecule has 0 aliphatic carbocycles. The van der Waals surface area contributed by atoms with Gasteiger partial charge in [-0.2, -0.15) is 0 Å².